The van der Waals surface area contributed by atoms with Crippen molar-refractivity contribution in [1.82, 2.24) is 4.98 Å². The summed E-state index contributed by atoms with van der Waals surface area (Å²) in [4.78, 5) is 42.0. The number of carbonyl (C=O) groups is 3. The molecule has 2 heterocycles. The monoisotopic (exact) mass is 585 g/mol. The molecule has 2 aliphatic carbocycles. The lowest BCUT2D eigenvalue weighted by atomic mass is 9.46. The first-order valence-electron chi connectivity index (χ1n) is 13.6. The van der Waals surface area contributed by atoms with Gasteiger partial charge in [-0.15, -0.1) is 0 Å². The fraction of sp³-hybridized carbons (Fsp3) is 0.484. The molecule has 3 aliphatic rings. The Hall–Kier alpha value is -2.90. The zero-order valence-electron chi connectivity index (χ0n) is 22.9. The van der Waals surface area contributed by atoms with Crippen LogP contribution < -0.4 is 4.74 Å². The van der Waals surface area contributed by atoms with Gasteiger partial charge in [-0.3, -0.25) is 14.6 Å². The van der Waals surface area contributed by atoms with Crippen LogP contribution >= 0.6 is 23.2 Å². The number of fused-ring (bicyclic) bond motifs is 2. The van der Waals surface area contributed by atoms with Crippen LogP contribution in [0.1, 0.15) is 52.9 Å². The largest absolute Gasteiger partial charge is 0.478 e. The van der Waals surface area contributed by atoms with Crippen LogP contribution in [0.3, 0.4) is 0 Å². The first kappa shape index (κ1) is 28.6. The molecule has 0 spiro atoms. The Morgan fingerprint density at radius 3 is 2.77 bits per heavy atom. The number of carbonyl (C=O) groups excluding carboxylic acids is 3. The third kappa shape index (κ3) is 4.92. The molecule has 1 aromatic heterocycles. The Morgan fingerprint density at radius 1 is 1.25 bits per heavy atom. The van der Waals surface area contributed by atoms with E-state index in [0.717, 1.165) is 18.4 Å². The van der Waals surface area contributed by atoms with E-state index in [1.54, 1.807) is 18.3 Å². The van der Waals surface area contributed by atoms with E-state index in [-0.39, 0.29) is 36.2 Å². The molecule has 2 saturated carbocycles. The predicted molar refractivity (Wildman–Crippen MR) is 152 cm³/mol. The smallest absolute Gasteiger partial charge is 0.337 e. The van der Waals surface area contributed by atoms with Gasteiger partial charge in [0.15, 0.2) is 11.9 Å². The van der Waals surface area contributed by atoms with E-state index in [4.69, 9.17) is 37.4 Å². The summed E-state index contributed by atoms with van der Waals surface area (Å²) in [5.74, 6) is -0.306. The number of cyclic esters (lactones) is 1. The highest BCUT2D eigenvalue weighted by atomic mass is 35.5. The Bertz CT molecular complexity index is 1440. The van der Waals surface area contributed by atoms with Gasteiger partial charge in [-0.2, -0.15) is 0 Å². The van der Waals surface area contributed by atoms with Crippen LogP contribution in [0.5, 0.6) is 5.75 Å². The lowest BCUT2D eigenvalue weighted by Gasteiger charge is -2.57. The Labute approximate surface area is 243 Å². The average Bonchev–Trinajstić information content (AvgIpc) is 3.26. The van der Waals surface area contributed by atoms with E-state index < -0.39 is 23.5 Å². The number of hydrogen-bond acceptors (Lipinski definition) is 7. The number of esters is 2. The normalized spacial score (nSPS) is 31.3. The second-order valence-electron chi connectivity index (χ2n) is 11.6. The summed E-state index contributed by atoms with van der Waals surface area (Å²) in [6, 6.07) is 5.21. The van der Waals surface area contributed by atoms with Gasteiger partial charge in [-0.25, -0.2) is 4.79 Å². The molecular weight excluding hydrogens is 553 g/mol. The Balaban J connectivity index is 1.43. The van der Waals surface area contributed by atoms with Gasteiger partial charge in [-0.1, -0.05) is 48.4 Å². The topological polar surface area (TPSA) is 91.8 Å². The number of ketones is 1. The zero-order valence-corrected chi connectivity index (χ0v) is 24.4. The maximum absolute atomic E-state index is 13.2. The molecular formula is C31H33Cl2NO6. The molecule has 1 saturated heterocycles. The second-order valence-corrected chi connectivity index (χ2v) is 12.4. The molecule has 7 nitrogen and oxygen atoms in total. The van der Waals surface area contributed by atoms with Gasteiger partial charge in [0.1, 0.15) is 24.5 Å². The molecule has 9 heteroatoms. The van der Waals surface area contributed by atoms with Gasteiger partial charge < -0.3 is 14.2 Å². The van der Waals surface area contributed by atoms with Gasteiger partial charge in [0.05, 0.1) is 21.0 Å². The fourth-order valence-corrected chi connectivity index (χ4v) is 7.64. The number of aromatic nitrogens is 1. The summed E-state index contributed by atoms with van der Waals surface area (Å²) >= 11 is 12.9. The van der Waals surface area contributed by atoms with Crippen molar-refractivity contribution in [1.29, 1.82) is 0 Å². The first-order chi connectivity index (χ1) is 19.0. The number of nitrogens with zero attached hydrogens (tertiary/aromatic N) is 1. The van der Waals surface area contributed by atoms with Crippen LogP contribution in [0.25, 0.3) is 10.9 Å². The summed E-state index contributed by atoms with van der Waals surface area (Å²) in [5.41, 5.74) is 1.01. The van der Waals surface area contributed by atoms with Gasteiger partial charge in [0.2, 0.25) is 0 Å². The van der Waals surface area contributed by atoms with Crippen molar-refractivity contribution in [2.45, 2.75) is 59.0 Å². The number of pyridine rings is 1. The summed E-state index contributed by atoms with van der Waals surface area (Å²) in [5, 5.41) is 1.45. The van der Waals surface area contributed by atoms with Crippen LogP contribution in [0, 0.1) is 22.7 Å². The lowest BCUT2D eigenvalue weighted by Crippen LogP contribution is -2.56. The first-order valence-corrected chi connectivity index (χ1v) is 14.3. The van der Waals surface area contributed by atoms with Gasteiger partial charge in [0, 0.05) is 24.9 Å². The highest BCUT2D eigenvalue weighted by Gasteiger charge is 2.58. The molecule has 212 valence electrons. The Morgan fingerprint density at radius 2 is 2.02 bits per heavy atom. The summed E-state index contributed by atoms with van der Waals surface area (Å²) in [6.45, 7) is 10.0. The van der Waals surface area contributed by atoms with Crippen molar-refractivity contribution in [3.8, 4) is 5.75 Å². The molecule has 0 radical (unpaired) electrons. The molecule has 0 bridgehead atoms. The van der Waals surface area contributed by atoms with E-state index in [1.807, 2.05) is 19.1 Å². The van der Waals surface area contributed by atoms with Crippen molar-refractivity contribution in [3.63, 3.8) is 0 Å². The average molecular weight is 587 g/mol. The summed E-state index contributed by atoms with van der Waals surface area (Å²) < 4.78 is 17.1. The molecule has 0 N–H and O–H groups in total. The fourth-order valence-electron chi connectivity index (χ4n) is 7.08. The molecule has 0 amide bonds. The highest BCUT2D eigenvalue weighted by molar-refractivity contribution is 6.39. The SMILES string of the molecule is C=C1CC[C@H]2[C@@](C)(CCC(=O)[C@@]2(C)COC(C)=O)[C@@H]1C/C=C1/C(=O)OC[C@H]1Oc1c(Cl)cc(Cl)c2cccnc12. The number of halogens is 2. The van der Waals surface area contributed by atoms with Crippen LogP contribution in [0.15, 0.2) is 48.2 Å². The quantitative estimate of drug-likeness (QED) is 0.212. The number of benzene rings is 1. The molecule has 2 aromatic rings. The van der Waals surface area contributed by atoms with Crippen LogP contribution in [-0.2, 0) is 23.9 Å². The molecule has 1 aromatic carbocycles. The van der Waals surface area contributed by atoms with E-state index >= 15 is 0 Å². The van der Waals surface area contributed by atoms with Crippen LogP contribution in [-0.4, -0.2) is 42.0 Å². The minimum atomic E-state index is -0.762. The molecule has 0 unspecified atom stereocenters. The maximum atomic E-state index is 13.2. The minimum absolute atomic E-state index is 0.0161. The van der Waals surface area contributed by atoms with Gasteiger partial charge in [0.25, 0.3) is 0 Å². The van der Waals surface area contributed by atoms with Crippen molar-refractivity contribution in [2.24, 2.45) is 22.7 Å². The number of Topliss-reactive ketones (excluding diaryl/α,β-unsaturated/α-hetero) is 1. The highest BCUT2D eigenvalue weighted by Crippen LogP contribution is 2.61. The van der Waals surface area contributed by atoms with Crippen molar-refractivity contribution in [2.75, 3.05) is 13.2 Å². The predicted octanol–water partition coefficient (Wildman–Crippen LogP) is 6.68. The molecule has 5 atom stereocenters. The number of rotatable bonds is 6. The maximum Gasteiger partial charge on any atom is 0.337 e. The van der Waals surface area contributed by atoms with Gasteiger partial charge >= 0.3 is 11.9 Å². The number of ether oxygens (including phenoxy) is 3. The van der Waals surface area contributed by atoms with Crippen molar-refractivity contribution >= 4 is 51.8 Å². The molecule has 1 aliphatic heterocycles. The van der Waals surface area contributed by atoms with Crippen LogP contribution in [0.4, 0.5) is 0 Å². The van der Waals surface area contributed by atoms with E-state index in [0.29, 0.717) is 51.5 Å². The van der Waals surface area contributed by atoms with E-state index in [1.165, 1.54) is 6.92 Å². The molecule has 5 rings (SSSR count). The number of hydrogen-bond donors (Lipinski definition) is 0. The van der Waals surface area contributed by atoms with E-state index in [2.05, 4.69) is 18.5 Å². The molecule has 3 fully saturated rings. The third-order valence-electron chi connectivity index (χ3n) is 9.24. The summed E-state index contributed by atoms with van der Waals surface area (Å²) in [6.07, 6.45) is 6.08. The molecule has 40 heavy (non-hydrogen) atoms. The van der Waals surface area contributed by atoms with Crippen molar-refractivity contribution < 1.29 is 28.6 Å². The van der Waals surface area contributed by atoms with Crippen LogP contribution in [0.2, 0.25) is 10.0 Å². The standard InChI is InChI=1S/C31H33Cl2NO6/c1-17-7-10-25-30(3,12-11-26(36)31(25,4)16-39-18(2)35)21(17)9-8-20-24(15-38-29(20)37)40-28-23(33)14-22(32)19-6-5-13-34-27(19)28/h5-6,8,13-14,21,24-25H,1,7,9-12,15-16H2,2-4H3/b20-8+/t21-,24-,25+,30+,31+/m1/s1. The van der Waals surface area contributed by atoms with Gasteiger partial charge in [-0.05, 0) is 68.1 Å². The number of allylic oxidation sites excluding steroid dienone is 2. The second kappa shape index (κ2) is 10.8. The lowest BCUT2D eigenvalue weighted by molar-refractivity contribution is -0.162. The van der Waals surface area contributed by atoms with Crippen molar-refractivity contribution in [3.05, 3.63) is 58.2 Å². The minimum Gasteiger partial charge on any atom is -0.478 e. The zero-order chi connectivity index (χ0) is 28.8. The van der Waals surface area contributed by atoms with E-state index in [9.17, 15) is 14.4 Å². The Kier molecular flexibility index (Phi) is 7.75. The third-order valence-corrected chi connectivity index (χ3v) is 9.84. The summed E-state index contributed by atoms with van der Waals surface area (Å²) in [7, 11) is 0.